The van der Waals surface area contributed by atoms with Crippen LogP contribution < -0.4 is 0 Å². The van der Waals surface area contributed by atoms with Crippen LogP contribution in [0.1, 0.15) is 6.42 Å². The number of nitro groups is 1. The van der Waals surface area contributed by atoms with Crippen molar-refractivity contribution in [2.45, 2.75) is 11.4 Å². The highest BCUT2D eigenvalue weighted by molar-refractivity contribution is 7.99. The Bertz CT molecular complexity index is 647. The Morgan fingerprint density at radius 1 is 1.42 bits per heavy atom. The highest BCUT2D eigenvalue weighted by atomic mass is 32.2. The summed E-state index contributed by atoms with van der Waals surface area (Å²) in [4.78, 5) is 28.8. The highest BCUT2D eigenvalue weighted by Crippen LogP contribution is 2.27. The van der Waals surface area contributed by atoms with Crippen LogP contribution in [-0.2, 0) is 4.79 Å². The summed E-state index contributed by atoms with van der Waals surface area (Å²) in [6.45, 7) is 0. The molecule has 0 unspecified atom stereocenters. The van der Waals surface area contributed by atoms with Crippen molar-refractivity contribution >= 4 is 34.3 Å². The lowest BCUT2D eigenvalue weighted by molar-refractivity contribution is -0.384. The number of fused-ring (bicyclic) bond motifs is 1. The van der Waals surface area contributed by atoms with Crippen LogP contribution in [0.2, 0.25) is 0 Å². The van der Waals surface area contributed by atoms with Gasteiger partial charge in [0.05, 0.1) is 16.9 Å². The van der Waals surface area contributed by atoms with E-state index in [1.807, 2.05) is 0 Å². The standard InChI is InChI=1S/C11H9N3O4S/c15-10(16)3-4-19-11-8-5-7(14(17)18)1-2-9(8)12-6-13-11/h1-2,5-6H,3-4H2,(H,15,16). The van der Waals surface area contributed by atoms with Gasteiger partial charge in [0.1, 0.15) is 11.4 Å². The van der Waals surface area contributed by atoms with Crippen LogP contribution in [0.3, 0.4) is 0 Å². The fraction of sp³-hybridized carbons (Fsp3) is 0.182. The first-order valence-electron chi connectivity index (χ1n) is 5.31. The first-order valence-corrected chi connectivity index (χ1v) is 6.30. The number of benzene rings is 1. The van der Waals surface area contributed by atoms with Crippen molar-refractivity contribution in [3.05, 3.63) is 34.6 Å². The van der Waals surface area contributed by atoms with Gasteiger partial charge in [-0.3, -0.25) is 14.9 Å². The Balaban J connectivity index is 2.34. The zero-order chi connectivity index (χ0) is 13.8. The molecule has 98 valence electrons. The second kappa shape index (κ2) is 5.61. The topological polar surface area (TPSA) is 106 Å². The van der Waals surface area contributed by atoms with Crippen LogP contribution in [0.4, 0.5) is 5.69 Å². The number of carbonyl (C=O) groups is 1. The van der Waals surface area contributed by atoms with Crippen molar-refractivity contribution in [3.8, 4) is 0 Å². The lowest BCUT2D eigenvalue weighted by atomic mass is 10.2. The second-order valence-electron chi connectivity index (χ2n) is 3.63. The summed E-state index contributed by atoms with van der Waals surface area (Å²) >= 11 is 1.24. The molecule has 19 heavy (non-hydrogen) atoms. The van der Waals surface area contributed by atoms with E-state index in [0.717, 1.165) is 0 Å². The van der Waals surface area contributed by atoms with E-state index in [-0.39, 0.29) is 12.1 Å². The van der Waals surface area contributed by atoms with Gasteiger partial charge >= 0.3 is 5.97 Å². The molecule has 0 bridgehead atoms. The number of nitrogens with zero attached hydrogens (tertiary/aromatic N) is 3. The molecule has 2 rings (SSSR count). The molecule has 0 aliphatic carbocycles. The van der Waals surface area contributed by atoms with Gasteiger partial charge in [-0.25, -0.2) is 9.97 Å². The molecule has 8 heteroatoms. The first-order chi connectivity index (χ1) is 9.08. The Kier molecular flexibility index (Phi) is 3.91. The molecule has 0 saturated carbocycles. The molecule has 7 nitrogen and oxygen atoms in total. The van der Waals surface area contributed by atoms with Crippen LogP contribution in [0.15, 0.2) is 29.6 Å². The molecule has 1 heterocycles. The number of hydrogen-bond donors (Lipinski definition) is 1. The number of thioether (sulfide) groups is 1. The van der Waals surface area contributed by atoms with E-state index in [9.17, 15) is 14.9 Å². The molecule has 0 saturated heterocycles. The molecule has 1 aromatic carbocycles. The minimum atomic E-state index is -0.892. The molecule has 0 radical (unpaired) electrons. The van der Waals surface area contributed by atoms with Crippen LogP contribution in [0.25, 0.3) is 10.9 Å². The number of carboxylic acids is 1. The second-order valence-corrected chi connectivity index (χ2v) is 4.71. The molecule has 1 N–H and O–H groups in total. The van der Waals surface area contributed by atoms with E-state index in [1.165, 1.54) is 30.2 Å². The smallest absolute Gasteiger partial charge is 0.304 e. The average Bonchev–Trinajstić information content (AvgIpc) is 2.38. The summed E-state index contributed by atoms with van der Waals surface area (Å²) < 4.78 is 0. The largest absolute Gasteiger partial charge is 0.481 e. The Morgan fingerprint density at radius 3 is 2.89 bits per heavy atom. The van der Waals surface area contributed by atoms with Crippen molar-refractivity contribution in [2.24, 2.45) is 0 Å². The maximum atomic E-state index is 10.7. The summed E-state index contributed by atoms with van der Waals surface area (Å²) in [5, 5.41) is 20.4. The Morgan fingerprint density at radius 2 is 2.21 bits per heavy atom. The molecule has 0 aliphatic heterocycles. The minimum absolute atomic E-state index is 0.00505. The molecule has 0 fully saturated rings. The molecule has 2 aromatic rings. The summed E-state index contributed by atoms with van der Waals surface area (Å²) in [5.74, 6) is -0.540. The first kappa shape index (κ1) is 13.2. The fourth-order valence-electron chi connectivity index (χ4n) is 1.48. The van der Waals surface area contributed by atoms with Crippen molar-refractivity contribution in [1.82, 2.24) is 9.97 Å². The van der Waals surface area contributed by atoms with E-state index in [1.54, 1.807) is 6.07 Å². The van der Waals surface area contributed by atoms with Crippen LogP contribution in [0, 0.1) is 10.1 Å². The van der Waals surface area contributed by atoms with Crippen LogP contribution >= 0.6 is 11.8 Å². The predicted octanol–water partition coefficient (Wildman–Crippen LogP) is 2.10. The summed E-state index contributed by atoms with van der Waals surface area (Å²) in [6, 6.07) is 4.33. The fourth-order valence-corrected chi connectivity index (χ4v) is 2.40. The van der Waals surface area contributed by atoms with Gasteiger partial charge in [0.15, 0.2) is 0 Å². The van der Waals surface area contributed by atoms with Crippen molar-refractivity contribution in [2.75, 3.05) is 5.75 Å². The van der Waals surface area contributed by atoms with Crippen molar-refractivity contribution < 1.29 is 14.8 Å². The van der Waals surface area contributed by atoms with E-state index in [2.05, 4.69) is 9.97 Å². The number of nitro benzene ring substituents is 1. The molecule has 0 spiro atoms. The lowest BCUT2D eigenvalue weighted by Crippen LogP contribution is -1.97. The van der Waals surface area contributed by atoms with E-state index < -0.39 is 10.9 Å². The molecule has 1 aromatic heterocycles. The predicted molar refractivity (Wildman–Crippen MR) is 69.2 cm³/mol. The number of hydrogen-bond acceptors (Lipinski definition) is 6. The zero-order valence-electron chi connectivity index (χ0n) is 9.65. The SMILES string of the molecule is O=C(O)CCSc1ncnc2ccc([N+](=O)[O-])cc12. The molecule has 0 atom stereocenters. The van der Waals surface area contributed by atoms with Gasteiger partial charge in [-0.1, -0.05) is 0 Å². The highest BCUT2D eigenvalue weighted by Gasteiger charge is 2.11. The number of rotatable bonds is 5. The van der Waals surface area contributed by atoms with Gasteiger partial charge in [0.25, 0.3) is 5.69 Å². The maximum Gasteiger partial charge on any atom is 0.304 e. The third-order valence-corrected chi connectivity index (χ3v) is 3.35. The van der Waals surface area contributed by atoms with Gasteiger partial charge in [-0.05, 0) is 6.07 Å². The van der Waals surface area contributed by atoms with Gasteiger partial charge in [-0.2, -0.15) is 0 Å². The van der Waals surface area contributed by atoms with Gasteiger partial charge in [0, 0.05) is 23.3 Å². The lowest BCUT2D eigenvalue weighted by Gasteiger charge is -2.03. The number of aromatic nitrogens is 2. The third-order valence-electron chi connectivity index (χ3n) is 2.35. The average molecular weight is 279 g/mol. The van der Waals surface area contributed by atoms with E-state index >= 15 is 0 Å². The number of non-ortho nitro benzene ring substituents is 1. The number of carboxylic acid groups (broad SMARTS) is 1. The van der Waals surface area contributed by atoms with Crippen molar-refractivity contribution in [3.63, 3.8) is 0 Å². The molecular weight excluding hydrogens is 270 g/mol. The Hall–Kier alpha value is -2.22. The summed E-state index contributed by atoms with van der Waals surface area (Å²) in [5.41, 5.74) is 0.556. The van der Waals surface area contributed by atoms with Gasteiger partial charge in [-0.15, -0.1) is 11.8 Å². The zero-order valence-corrected chi connectivity index (χ0v) is 10.5. The maximum absolute atomic E-state index is 10.7. The molecule has 0 amide bonds. The normalized spacial score (nSPS) is 10.5. The van der Waals surface area contributed by atoms with Crippen LogP contribution in [0.5, 0.6) is 0 Å². The van der Waals surface area contributed by atoms with Crippen LogP contribution in [-0.4, -0.2) is 31.7 Å². The van der Waals surface area contributed by atoms with E-state index in [4.69, 9.17) is 5.11 Å². The van der Waals surface area contributed by atoms with Gasteiger partial charge < -0.3 is 5.11 Å². The number of aliphatic carboxylic acids is 1. The van der Waals surface area contributed by atoms with E-state index in [0.29, 0.717) is 21.7 Å². The minimum Gasteiger partial charge on any atom is -0.481 e. The van der Waals surface area contributed by atoms with Crippen molar-refractivity contribution in [1.29, 1.82) is 0 Å². The molecule has 0 aliphatic rings. The quantitative estimate of drug-likeness (QED) is 0.386. The summed E-state index contributed by atoms with van der Waals surface area (Å²) in [7, 11) is 0. The third kappa shape index (κ3) is 3.16. The van der Waals surface area contributed by atoms with Gasteiger partial charge in [0.2, 0.25) is 0 Å². The summed E-state index contributed by atoms with van der Waals surface area (Å²) in [6.07, 6.45) is 1.36. The monoisotopic (exact) mass is 279 g/mol. The molecular formula is C11H9N3O4S. The Labute approximate surface area is 111 Å².